The molecule has 0 aliphatic heterocycles. The molecule has 128 valence electrons. The first-order valence-corrected chi connectivity index (χ1v) is 7.92. The van der Waals surface area contributed by atoms with Crippen molar-refractivity contribution < 1.29 is 18.0 Å². The summed E-state index contributed by atoms with van der Waals surface area (Å²) < 4.78 is 39.0. The number of rotatable bonds is 3. The van der Waals surface area contributed by atoms with Gasteiger partial charge in [0.15, 0.2) is 0 Å². The molecule has 1 aromatic rings. The van der Waals surface area contributed by atoms with Crippen LogP contribution in [0.15, 0.2) is 29.8 Å². The minimum absolute atomic E-state index is 0.0409. The van der Waals surface area contributed by atoms with E-state index in [0.717, 1.165) is 37.8 Å². The summed E-state index contributed by atoms with van der Waals surface area (Å²) in [6, 6.07) is 6.57. The van der Waals surface area contributed by atoms with Crippen LogP contribution in [0.2, 0.25) is 0 Å². The molecule has 3 nitrogen and oxygen atoms in total. The predicted octanol–water partition coefficient (Wildman–Crippen LogP) is 4.31. The molecule has 24 heavy (non-hydrogen) atoms. The Hall–Kier alpha value is -2.29. The monoisotopic (exact) mass is 336 g/mol. The van der Waals surface area contributed by atoms with Crippen molar-refractivity contribution in [3.05, 3.63) is 41.0 Å². The van der Waals surface area contributed by atoms with E-state index in [0.29, 0.717) is 5.92 Å². The normalized spacial score (nSPS) is 21.9. The van der Waals surface area contributed by atoms with Gasteiger partial charge in [0.2, 0.25) is 0 Å². The van der Waals surface area contributed by atoms with Crippen LogP contribution in [-0.4, -0.2) is 11.9 Å². The van der Waals surface area contributed by atoms with Crippen LogP contribution in [0.25, 0.3) is 6.08 Å². The second-order valence-electron chi connectivity index (χ2n) is 6.10. The van der Waals surface area contributed by atoms with Crippen molar-refractivity contribution in [2.75, 3.05) is 0 Å². The molecule has 1 saturated carbocycles. The molecule has 0 radical (unpaired) electrons. The maximum Gasteiger partial charge on any atom is 0.416 e. The maximum atomic E-state index is 13.0. The fraction of sp³-hybridized carbons (Fsp3) is 0.444. The SMILES string of the molecule is CC1CCCCC1NC(=O)/C(C#N)=C/c1ccccc1C(F)(F)F. The van der Waals surface area contributed by atoms with Gasteiger partial charge in [-0.25, -0.2) is 0 Å². The predicted molar refractivity (Wildman–Crippen MR) is 84.6 cm³/mol. The minimum atomic E-state index is -4.54. The van der Waals surface area contributed by atoms with E-state index in [1.54, 1.807) is 6.07 Å². The fourth-order valence-corrected chi connectivity index (χ4v) is 2.96. The van der Waals surface area contributed by atoms with E-state index >= 15 is 0 Å². The summed E-state index contributed by atoms with van der Waals surface area (Å²) in [5.41, 5.74) is -1.37. The second kappa shape index (κ2) is 7.52. The van der Waals surface area contributed by atoms with Crippen molar-refractivity contribution in [3.8, 4) is 6.07 Å². The van der Waals surface area contributed by atoms with Crippen LogP contribution >= 0.6 is 0 Å². The molecule has 0 spiro atoms. The largest absolute Gasteiger partial charge is 0.416 e. The van der Waals surface area contributed by atoms with Crippen LogP contribution in [0.5, 0.6) is 0 Å². The fourth-order valence-electron chi connectivity index (χ4n) is 2.96. The van der Waals surface area contributed by atoms with Crippen molar-refractivity contribution >= 4 is 12.0 Å². The van der Waals surface area contributed by atoms with Crippen LogP contribution in [0.4, 0.5) is 13.2 Å². The molecular weight excluding hydrogens is 317 g/mol. The molecule has 2 rings (SSSR count). The quantitative estimate of drug-likeness (QED) is 0.661. The van der Waals surface area contributed by atoms with Gasteiger partial charge in [0.25, 0.3) is 5.91 Å². The zero-order valence-corrected chi connectivity index (χ0v) is 13.4. The summed E-state index contributed by atoms with van der Waals surface area (Å²) in [5, 5.41) is 12.0. The van der Waals surface area contributed by atoms with Gasteiger partial charge >= 0.3 is 6.18 Å². The molecule has 1 aromatic carbocycles. The number of nitrogens with zero attached hydrogens (tertiary/aromatic N) is 1. The number of nitrogens with one attached hydrogen (secondary N) is 1. The number of amides is 1. The van der Waals surface area contributed by atoms with E-state index in [2.05, 4.69) is 5.32 Å². The van der Waals surface area contributed by atoms with Crippen molar-refractivity contribution in [2.45, 2.75) is 44.8 Å². The van der Waals surface area contributed by atoms with Crippen molar-refractivity contribution in [1.82, 2.24) is 5.32 Å². The molecule has 1 fully saturated rings. The number of carbonyl (C=O) groups excluding carboxylic acids is 1. The van der Waals surface area contributed by atoms with Gasteiger partial charge in [-0.05, 0) is 36.5 Å². The summed E-state index contributed by atoms with van der Waals surface area (Å²) in [7, 11) is 0. The number of alkyl halides is 3. The Bertz CT molecular complexity index is 674. The molecule has 0 bridgehead atoms. The van der Waals surface area contributed by atoms with E-state index in [1.807, 2.05) is 6.92 Å². The number of hydrogen-bond acceptors (Lipinski definition) is 2. The number of benzene rings is 1. The van der Waals surface area contributed by atoms with E-state index in [1.165, 1.54) is 18.2 Å². The van der Waals surface area contributed by atoms with E-state index < -0.39 is 17.6 Å². The Kier molecular flexibility index (Phi) is 5.66. The lowest BCUT2D eigenvalue weighted by Gasteiger charge is -2.29. The highest BCUT2D eigenvalue weighted by atomic mass is 19.4. The van der Waals surface area contributed by atoms with Gasteiger partial charge in [-0.3, -0.25) is 4.79 Å². The van der Waals surface area contributed by atoms with Crippen LogP contribution in [0, 0.1) is 17.2 Å². The molecular formula is C18H19F3N2O. The number of nitriles is 1. The summed E-state index contributed by atoms with van der Waals surface area (Å²) >= 11 is 0. The molecule has 2 atom stereocenters. The highest BCUT2D eigenvalue weighted by Crippen LogP contribution is 2.33. The summed E-state index contributed by atoms with van der Waals surface area (Å²) in [6.07, 6.45) is 0.386. The molecule has 2 unspecified atom stereocenters. The zero-order chi connectivity index (χ0) is 17.7. The summed E-state index contributed by atoms with van der Waals surface area (Å²) in [6.45, 7) is 2.03. The van der Waals surface area contributed by atoms with Gasteiger partial charge in [0, 0.05) is 6.04 Å². The highest BCUT2D eigenvalue weighted by Gasteiger charge is 2.33. The Balaban J connectivity index is 2.24. The topological polar surface area (TPSA) is 52.9 Å². The van der Waals surface area contributed by atoms with Gasteiger partial charge in [0.1, 0.15) is 11.6 Å². The first kappa shape index (κ1) is 18.1. The molecule has 6 heteroatoms. The summed E-state index contributed by atoms with van der Waals surface area (Å²) in [4.78, 5) is 12.3. The minimum Gasteiger partial charge on any atom is -0.348 e. The third kappa shape index (κ3) is 4.38. The van der Waals surface area contributed by atoms with Crippen LogP contribution in [-0.2, 0) is 11.0 Å². The Morgan fingerprint density at radius 1 is 1.29 bits per heavy atom. The smallest absolute Gasteiger partial charge is 0.348 e. The third-order valence-electron chi connectivity index (χ3n) is 4.36. The van der Waals surface area contributed by atoms with Crippen LogP contribution in [0.1, 0.15) is 43.7 Å². The van der Waals surface area contributed by atoms with E-state index in [4.69, 9.17) is 0 Å². The average Bonchev–Trinajstić information content (AvgIpc) is 2.54. The maximum absolute atomic E-state index is 13.0. The van der Waals surface area contributed by atoms with Gasteiger partial charge in [-0.2, -0.15) is 18.4 Å². The van der Waals surface area contributed by atoms with Gasteiger partial charge in [0.05, 0.1) is 5.56 Å². The molecule has 1 aliphatic carbocycles. The average molecular weight is 336 g/mol. The Morgan fingerprint density at radius 3 is 2.58 bits per heavy atom. The Morgan fingerprint density at radius 2 is 1.96 bits per heavy atom. The van der Waals surface area contributed by atoms with Gasteiger partial charge < -0.3 is 5.32 Å². The lowest BCUT2D eigenvalue weighted by molar-refractivity contribution is -0.137. The summed E-state index contributed by atoms with van der Waals surface area (Å²) in [5.74, 6) is -0.321. The second-order valence-corrected chi connectivity index (χ2v) is 6.10. The molecule has 0 heterocycles. The lowest BCUT2D eigenvalue weighted by atomic mass is 9.86. The van der Waals surface area contributed by atoms with Gasteiger partial charge in [-0.15, -0.1) is 0 Å². The number of hydrogen-bond donors (Lipinski definition) is 1. The Labute approximate surface area is 139 Å². The standard InChI is InChI=1S/C18H19F3N2O/c1-12-6-2-5-9-16(12)23-17(24)14(11-22)10-13-7-3-4-8-15(13)18(19,20)21/h3-4,7-8,10,12,16H,2,5-6,9H2,1H3,(H,23,24)/b14-10+. The van der Waals surface area contributed by atoms with Crippen molar-refractivity contribution in [1.29, 1.82) is 5.26 Å². The molecule has 0 saturated heterocycles. The first-order chi connectivity index (χ1) is 11.3. The van der Waals surface area contributed by atoms with Crippen LogP contribution < -0.4 is 5.32 Å². The molecule has 0 aromatic heterocycles. The first-order valence-electron chi connectivity index (χ1n) is 7.92. The number of carbonyl (C=O) groups is 1. The third-order valence-corrected chi connectivity index (χ3v) is 4.36. The van der Waals surface area contributed by atoms with Crippen molar-refractivity contribution in [2.24, 2.45) is 5.92 Å². The molecule has 1 aliphatic rings. The van der Waals surface area contributed by atoms with E-state index in [-0.39, 0.29) is 17.2 Å². The lowest BCUT2D eigenvalue weighted by Crippen LogP contribution is -2.41. The van der Waals surface area contributed by atoms with Crippen molar-refractivity contribution in [3.63, 3.8) is 0 Å². The molecule has 1 N–H and O–H groups in total. The molecule has 1 amide bonds. The zero-order valence-electron chi connectivity index (χ0n) is 13.4. The number of halogens is 3. The van der Waals surface area contributed by atoms with Gasteiger partial charge in [-0.1, -0.05) is 38.0 Å². The van der Waals surface area contributed by atoms with E-state index in [9.17, 15) is 23.2 Å². The highest BCUT2D eigenvalue weighted by molar-refractivity contribution is 6.02. The van der Waals surface area contributed by atoms with Crippen LogP contribution in [0.3, 0.4) is 0 Å².